The van der Waals surface area contributed by atoms with Crippen LogP contribution in [-0.4, -0.2) is 18.2 Å². The summed E-state index contributed by atoms with van der Waals surface area (Å²) in [6.07, 6.45) is -1.24. The van der Waals surface area contributed by atoms with Crippen LogP contribution in [0.15, 0.2) is 66.7 Å². The molecule has 0 amide bonds. The number of halogens is 3. The molecule has 0 unspecified atom stereocenters. The van der Waals surface area contributed by atoms with Crippen molar-refractivity contribution in [2.45, 2.75) is 19.5 Å². The molecule has 3 aromatic rings. The van der Waals surface area contributed by atoms with Gasteiger partial charge >= 0.3 is 12.1 Å². The first-order valence-electron chi connectivity index (χ1n) is 9.63. The third-order valence-electron chi connectivity index (χ3n) is 4.96. The van der Waals surface area contributed by atoms with Crippen LogP contribution in [0.1, 0.15) is 23.6 Å². The van der Waals surface area contributed by atoms with Gasteiger partial charge in [0.05, 0.1) is 12.7 Å². The van der Waals surface area contributed by atoms with E-state index in [1.165, 1.54) is 19.3 Å². The lowest BCUT2D eigenvalue weighted by molar-refractivity contribution is -0.137. The largest absolute Gasteiger partial charge is 0.497 e. The summed E-state index contributed by atoms with van der Waals surface area (Å²) >= 11 is 0. The quantitative estimate of drug-likeness (QED) is 0.446. The number of carbonyl (C=O) groups is 1. The van der Waals surface area contributed by atoms with E-state index < -0.39 is 17.7 Å². The molecule has 0 atom stereocenters. The Bertz CT molecular complexity index is 1130. The zero-order chi connectivity index (χ0) is 22.6. The number of rotatable bonds is 6. The molecule has 0 saturated carbocycles. The Kier molecular flexibility index (Phi) is 6.49. The highest BCUT2D eigenvalue weighted by Gasteiger charge is 2.30. The number of aliphatic carboxylic acids is 1. The van der Waals surface area contributed by atoms with Crippen LogP contribution in [0.4, 0.5) is 13.2 Å². The monoisotopic (exact) mass is 426 g/mol. The van der Waals surface area contributed by atoms with Gasteiger partial charge in [-0.15, -0.1) is 0 Å². The van der Waals surface area contributed by atoms with E-state index in [4.69, 9.17) is 9.84 Å². The highest BCUT2D eigenvalue weighted by atomic mass is 19.4. The number of benzene rings is 3. The van der Waals surface area contributed by atoms with E-state index in [0.29, 0.717) is 23.3 Å². The molecule has 0 aliphatic rings. The predicted molar refractivity (Wildman–Crippen MR) is 115 cm³/mol. The number of hydrogen-bond donors (Lipinski definition) is 1. The summed E-state index contributed by atoms with van der Waals surface area (Å²) in [6.45, 7) is 1.94. The molecule has 31 heavy (non-hydrogen) atoms. The van der Waals surface area contributed by atoms with Gasteiger partial charge in [-0.1, -0.05) is 43.3 Å². The number of carboxylic acids is 1. The molecule has 0 aromatic heterocycles. The van der Waals surface area contributed by atoms with Crippen molar-refractivity contribution in [3.05, 3.63) is 83.4 Å². The lowest BCUT2D eigenvalue weighted by Gasteiger charge is -2.15. The zero-order valence-electron chi connectivity index (χ0n) is 17.0. The van der Waals surface area contributed by atoms with Gasteiger partial charge < -0.3 is 9.84 Å². The first kappa shape index (κ1) is 22.2. The average Bonchev–Trinajstić information content (AvgIpc) is 2.76. The van der Waals surface area contributed by atoms with Gasteiger partial charge in [-0.05, 0) is 70.1 Å². The van der Waals surface area contributed by atoms with Crippen molar-refractivity contribution >= 4 is 12.0 Å². The Hall–Kier alpha value is -3.54. The maximum absolute atomic E-state index is 13.1. The molecule has 0 fully saturated rings. The van der Waals surface area contributed by atoms with Crippen LogP contribution in [0.25, 0.3) is 28.3 Å². The van der Waals surface area contributed by atoms with E-state index in [0.717, 1.165) is 40.5 Å². The van der Waals surface area contributed by atoms with Crippen LogP contribution >= 0.6 is 0 Å². The van der Waals surface area contributed by atoms with Crippen molar-refractivity contribution in [2.75, 3.05) is 7.11 Å². The molecule has 0 heterocycles. The molecular formula is C25H21F3O3. The third-order valence-corrected chi connectivity index (χ3v) is 4.96. The summed E-state index contributed by atoms with van der Waals surface area (Å²) in [5, 5.41) is 8.99. The maximum Gasteiger partial charge on any atom is 0.416 e. The van der Waals surface area contributed by atoms with Crippen molar-refractivity contribution in [3.8, 4) is 28.0 Å². The number of alkyl halides is 3. The molecule has 0 saturated heterocycles. The van der Waals surface area contributed by atoms with Crippen molar-refractivity contribution in [3.63, 3.8) is 0 Å². The standard InChI is InChI=1S/C25H21F3O3/c1-3-16-13-18(23-11-9-21(31-2)15-19(23)8-12-24(29)30)7-10-22(16)17-5-4-6-20(14-17)25(26,27)28/h4-15H,3H2,1-2H3,(H,29,30)/b12-8+. The minimum Gasteiger partial charge on any atom is -0.497 e. The number of hydrogen-bond acceptors (Lipinski definition) is 2. The van der Waals surface area contributed by atoms with Crippen LogP contribution in [-0.2, 0) is 17.4 Å². The fourth-order valence-electron chi connectivity index (χ4n) is 3.43. The minimum absolute atomic E-state index is 0.499. The van der Waals surface area contributed by atoms with Crippen molar-refractivity contribution in [1.82, 2.24) is 0 Å². The number of methoxy groups -OCH3 is 1. The molecule has 3 nitrogen and oxygen atoms in total. The van der Waals surface area contributed by atoms with E-state index in [9.17, 15) is 18.0 Å². The summed E-state index contributed by atoms with van der Waals surface area (Å²) in [5.74, 6) is -0.479. The second kappa shape index (κ2) is 9.08. The van der Waals surface area contributed by atoms with E-state index >= 15 is 0 Å². The Morgan fingerprint density at radius 2 is 1.71 bits per heavy atom. The summed E-state index contributed by atoms with van der Waals surface area (Å²) in [4.78, 5) is 11.0. The molecule has 6 heteroatoms. The summed E-state index contributed by atoms with van der Waals surface area (Å²) in [6, 6.07) is 16.2. The van der Waals surface area contributed by atoms with Crippen LogP contribution in [0.3, 0.4) is 0 Å². The minimum atomic E-state index is -4.41. The Labute approximate surface area is 178 Å². The lowest BCUT2D eigenvalue weighted by Crippen LogP contribution is -2.04. The van der Waals surface area contributed by atoms with Gasteiger partial charge in [0.2, 0.25) is 0 Å². The fraction of sp³-hybridized carbons (Fsp3) is 0.160. The smallest absolute Gasteiger partial charge is 0.416 e. The molecule has 0 bridgehead atoms. The number of carboxylic acid groups (broad SMARTS) is 1. The van der Waals surface area contributed by atoms with Gasteiger partial charge in [-0.25, -0.2) is 4.79 Å². The molecule has 1 N–H and O–H groups in total. The Balaban J connectivity index is 2.10. The van der Waals surface area contributed by atoms with Gasteiger partial charge in [-0.2, -0.15) is 13.2 Å². The van der Waals surface area contributed by atoms with Gasteiger partial charge in [0.25, 0.3) is 0 Å². The Morgan fingerprint density at radius 3 is 2.35 bits per heavy atom. The average molecular weight is 426 g/mol. The molecular weight excluding hydrogens is 405 g/mol. The topological polar surface area (TPSA) is 46.5 Å². The molecule has 3 aromatic carbocycles. The normalized spacial score (nSPS) is 11.6. The predicted octanol–water partition coefficient (Wildman–Crippen LogP) is 6.71. The molecule has 3 rings (SSSR count). The first-order valence-corrected chi connectivity index (χ1v) is 9.63. The summed E-state index contributed by atoms with van der Waals surface area (Å²) in [7, 11) is 1.53. The number of aryl methyl sites for hydroxylation is 1. The fourth-order valence-corrected chi connectivity index (χ4v) is 3.43. The zero-order valence-corrected chi connectivity index (χ0v) is 17.0. The second-order valence-electron chi connectivity index (χ2n) is 6.93. The van der Waals surface area contributed by atoms with Crippen molar-refractivity contribution in [1.29, 1.82) is 0 Å². The Morgan fingerprint density at radius 1 is 1.00 bits per heavy atom. The van der Waals surface area contributed by atoms with Gasteiger partial charge in [0, 0.05) is 6.08 Å². The van der Waals surface area contributed by atoms with Gasteiger partial charge in [-0.3, -0.25) is 0 Å². The van der Waals surface area contributed by atoms with Crippen LogP contribution < -0.4 is 4.74 Å². The number of ether oxygens (including phenoxy) is 1. The van der Waals surface area contributed by atoms with Gasteiger partial charge in [0.15, 0.2) is 0 Å². The molecule has 0 aliphatic heterocycles. The maximum atomic E-state index is 13.1. The summed E-state index contributed by atoms with van der Waals surface area (Å²) in [5.41, 5.74) is 3.72. The van der Waals surface area contributed by atoms with Crippen LogP contribution in [0.5, 0.6) is 5.75 Å². The van der Waals surface area contributed by atoms with E-state index in [1.54, 1.807) is 24.3 Å². The van der Waals surface area contributed by atoms with Crippen molar-refractivity contribution in [2.24, 2.45) is 0 Å². The third kappa shape index (κ3) is 5.15. The molecule has 160 valence electrons. The van der Waals surface area contributed by atoms with Crippen LogP contribution in [0, 0.1) is 0 Å². The second-order valence-corrected chi connectivity index (χ2v) is 6.93. The van der Waals surface area contributed by atoms with E-state index in [2.05, 4.69) is 0 Å². The highest BCUT2D eigenvalue weighted by Crippen LogP contribution is 2.36. The van der Waals surface area contributed by atoms with E-state index in [1.807, 2.05) is 25.1 Å². The summed E-state index contributed by atoms with van der Waals surface area (Å²) < 4.78 is 44.6. The molecule has 0 spiro atoms. The van der Waals surface area contributed by atoms with Gasteiger partial charge in [0.1, 0.15) is 5.75 Å². The SMILES string of the molecule is CCc1cc(-c2ccc(OC)cc2/C=C/C(=O)O)ccc1-c1cccc(C(F)(F)F)c1. The lowest BCUT2D eigenvalue weighted by atomic mass is 9.91. The van der Waals surface area contributed by atoms with E-state index in [-0.39, 0.29) is 0 Å². The van der Waals surface area contributed by atoms with Crippen LogP contribution in [0.2, 0.25) is 0 Å². The molecule has 0 radical (unpaired) electrons. The molecule has 0 aliphatic carbocycles. The first-order chi connectivity index (χ1) is 14.7. The highest BCUT2D eigenvalue weighted by molar-refractivity contribution is 5.88. The van der Waals surface area contributed by atoms with Crippen molar-refractivity contribution < 1.29 is 27.8 Å².